The van der Waals surface area contributed by atoms with Crippen molar-refractivity contribution >= 4 is 15.9 Å². The maximum Gasteiger partial charge on any atom is 0.416 e. The summed E-state index contributed by atoms with van der Waals surface area (Å²) in [6.45, 7) is 5.65. The molecule has 2 aromatic heterocycles. The van der Waals surface area contributed by atoms with E-state index in [-0.39, 0.29) is 5.56 Å². The largest absolute Gasteiger partial charge is 0.416 e. The van der Waals surface area contributed by atoms with Gasteiger partial charge < -0.3 is 0 Å². The van der Waals surface area contributed by atoms with Gasteiger partial charge >= 0.3 is 6.18 Å². The molecule has 1 aromatic carbocycles. The van der Waals surface area contributed by atoms with Gasteiger partial charge in [-0.05, 0) is 65.5 Å². The van der Waals surface area contributed by atoms with Crippen molar-refractivity contribution in [3.8, 4) is 11.1 Å². The number of benzene rings is 1. The van der Waals surface area contributed by atoms with Crippen molar-refractivity contribution in [3.63, 3.8) is 0 Å². The lowest BCUT2D eigenvalue weighted by Gasteiger charge is -2.12. The Hall–Kier alpha value is -2.15. The Bertz CT molecular complexity index is 944. The lowest BCUT2D eigenvalue weighted by atomic mass is 9.98. The molecule has 0 radical (unpaired) electrons. The fraction of sp³-hybridized carbons (Fsp3) is 0.263. The summed E-state index contributed by atoms with van der Waals surface area (Å²) in [4.78, 5) is 4.19. The highest BCUT2D eigenvalue weighted by atomic mass is 79.9. The molecule has 0 aliphatic rings. The maximum atomic E-state index is 13.2. The van der Waals surface area contributed by atoms with Gasteiger partial charge in [-0.3, -0.25) is 4.68 Å². The molecule has 136 valence electrons. The highest BCUT2D eigenvalue weighted by molar-refractivity contribution is 9.10. The normalized spacial score (nSPS) is 11.8. The summed E-state index contributed by atoms with van der Waals surface area (Å²) in [6.07, 6.45) is -2.63. The van der Waals surface area contributed by atoms with Gasteiger partial charge in [-0.15, -0.1) is 0 Å². The molecule has 0 saturated carbocycles. The third-order valence-electron chi connectivity index (χ3n) is 4.33. The fourth-order valence-electron chi connectivity index (χ4n) is 3.02. The second kappa shape index (κ2) is 6.87. The third kappa shape index (κ3) is 3.67. The Kier molecular flexibility index (Phi) is 4.92. The van der Waals surface area contributed by atoms with Gasteiger partial charge in [-0.25, -0.2) is 4.98 Å². The van der Waals surface area contributed by atoms with E-state index in [1.807, 2.05) is 26.0 Å². The van der Waals surface area contributed by atoms with Crippen LogP contribution in [0.1, 0.15) is 28.1 Å². The Morgan fingerprint density at radius 3 is 2.42 bits per heavy atom. The predicted molar refractivity (Wildman–Crippen MR) is 97.9 cm³/mol. The molecule has 7 heteroatoms. The van der Waals surface area contributed by atoms with Crippen LogP contribution >= 0.6 is 15.9 Å². The van der Waals surface area contributed by atoms with Crippen LogP contribution in [0.2, 0.25) is 0 Å². The average Bonchev–Trinajstić information content (AvgIpc) is 2.83. The minimum absolute atomic E-state index is 0.213. The quantitative estimate of drug-likeness (QED) is 0.505. The van der Waals surface area contributed by atoms with Gasteiger partial charge in [0.05, 0.1) is 17.8 Å². The standard InChI is InChI=1S/C19H17BrF3N3/c1-11-4-6-15(8-16(11)19(21,22)23)18-12(2)25-26(13(18)3)10-14-5-7-17(20)24-9-14/h4-9H,10H2,1-3H3. The van der Waals surface area contributed by atoms with Crippen LogP contribution < -0.4 is 0 Å². The summed E-state index contributed by atoms with van der Waals surface area (Å²) in [5.41, 5.74) is 3.35. The summed E-state index contributed by atoms with van der Waals surface area (Å²) < 4.78 is 42.3. The highest BCUT2D eigenvalue weighted by Gasteiger charge is 2.33. The first kappa shape index (κ1) is 18.6. The van der Waals surface area contributed by atoms with Crippen LogP contribution in [0.5, 0.6) is 0 Å². The zero-order valence-corrected chi connectivity index (χ0v) is 16.1. The zero-order valence-electron chi connectivity index (χ0n) is 14.5. The number of nitrogens with zero attached hydrogens (tertiary/aromatic N) is 3. The molecule has 0 fully saturated rings. The van der Waals surface area contributed by atoms with Crippen LogP contribution in [0.4, 0.5) is 13.2 Å². The SMILES string of the molecule is Cc1ccc(-c2c(C)nn(Cc3ccc(Br)nc3)c2C)cc1C(F)(F)F. The van der Waals surface area contributed by atoms with E-state index < -0.39 is 11.7 Å². The minimum Gasteiger partial charge on any atom is -0.264 e. The summed E-state index contributed by atoms with van der Waals surface area (Å²) in [7, 11) is 0. The predicted octanol–water partition coefficient (Wildman–Crippen LogP) is 5.70. The molecule has 0 aliphatic carbocycles. The lowest BCUT2D eigenvalue weighted by Crippen LogP contribution is -2.07. The van der Waals surface area contributed by atoms with Gasteiger partial charge in [0.2, 0.25) is 0 Å². The Labute approximate surface area is 158 Å². The second-order valence-electron chi connectivity index (χ2n) is 6.22. The highest BCUT2D eigenvalue weighted by Crippen LogP contribution is 2.36. The molecule has 0 N–H and O–H groups in total. The number of rotatable bonds is 3. The monoisotopic (exact) mass is 423 g/mol. The maximum absolute atomic E-state index is 13.2. The van der Waals surface area contributed by atoms with E-state index >= 15 is 0 Å². The van der Waals surface area contributed by atoms with Crippen molar-refractivity contribution in [2.75, 3.05) is 0 Å². The van der Waals surface area contributed by atoms with Crippen LogP contribution in [0.25, 0.3) is 11.1 Å². The molecule has 0 bridgehead atoms. The Balaban J connectivity index is 2.02. The number of hydrogen-bond donors (Lipinski definition) is 0. The van der Waals surface area contributed by atoms with Crippen molar-refractivity contribution in [2.24, 2.45) is 0 Å². The third-order valence-corrected chi connectivity index (χ3v) is 4.80. The zero-order chi connectivity index (χ0) is 19.1. The van der Waals surface area contributed by atoms with E-state index in [9.17, 15) is 13.2 Å². The van der Waals surface area contributed by atoms with Gasteiger partial charge in [0.25, 0.3) is 0 Å². The van der Waals surface area contributed by atoms with E-state index in [2.05, 4.69) is 26.0 Å². The fourth-order valence-corrected chi connectivity index (χ4v) is 3.26. The number of aromatic nitrogens is 3. The minimum atomic E-state index is -4.37. The van der Waals surface area contributed by atoms with E-state index in [0.29, 0.717) is 17.8 Å². The molecule has 0 unspecified atom stereocenters. The molecule has 0 atom stereocenters. The van der Waals surface area contributed by atoms with Gasteiger partial charge in [0.15, 0.2) is 0 Å². The van der Waals surface area contributed by atoms with E-state index in [1.165, 1.54) is 19.1 Å². The number of pyridine rings is 1. The molecule has 0 saturated heterocycles. The molecule has 0 amide bonds. The van der Waals surface area contributed by atoms with Gasteiger partial charge in [0, 0.05) is 17.5 Å². The van der Waals surface area contributed by atoms with E-state index in [4.69, 9.17) is 0 Å². The van der Waals surface area contributed by atoms with Crippen molar-refractivity contribution in [3.05, 3.63) is 69.2 Å². The topological polar surface area (TPSA) is 30.7 Å². The van der Waals surface area contributed by atoms with Crippen LogP contribution in [0.3, 0.4) is 0 Å². The van der Waals surface area contributed by atoms with Crippen molar-refractivity contribution < 1.29 is 13.2 Å². The van der Waals surface area contributed by atoms with Crippen molar-refractivity contribution in [1.29, 1.82) is 0 Å². The Morgan fingerprint density at radius 1 is 1.08 bits per heavy atom. The first-order valence-electron chi connectivity index (χ1n) is 7.99. The smallest absolute Gasteiger partial charge is 0.264 e. The summed E-state index contributed by atoms with van der Waals surface area (Å²) in [5.74, 6) is 0. The molecular weight excluding hydrogens is 407 g/mol. The molecule has 0 spiro atoms. The molecule has 0 aliphatic heterocycles. The molecule has 3 nitrogen and oxygen atoms in total. The first-order valence-corrected chi connectivity index (χ1v) is 8.79. The second-order valence-corrected chi connectivity index (χ2v) is 7.03. The first-order chi connectivity index (χ1) is 12.2. The average molecular weight is 424 g/mol. The number of aryl methyl sites for hydroxylation is 2. The van der Waals surface area contributed by atoms with Gasteiger partial charge in [0.1, 0.15) is 4.60 Å². The molecular formula is C19H17BrF3N3. The molecule has 3 rings (SSSR count). The molecule has 26 heavy (non-hydrogen) atoms. The van der Waals surface area contributed by atoms with Gasteiger partial charge in [-0.1, -0.05) is 18.2 Å². The van der Waals surface area contributed by atoms with Crippen molar-refractivity contribution in [2.45, 2.75) is 33.5 Å². The Morgan fingerprint density at radius 2 is 1.81 bits per heavy atom. The number of halogens is 4. The summed E-state index contributed by atoms with van der Waals surface area (Å²) >= 11 is 3.29. The van der Waals surface area contributed by atoms with Crippen LogP contribution in [-0.4, -0.2) is 14.8 Å². The van der Waals surface area contributed by atoms with Crippen LogP contribution in [-0.2, 0) is 12.7 Å². The van der Waals surface area contributed by atoms with Gasteiger partial charge in [-0.2, -0.15) is 18.3 Å². The van der Waals surface area contributed by atoms with E-state index in [0.717, 1.165) is 21.4 Å². The summed E-state index contributed by atoms with van der Waals surface area (Å²) in [5, 5.41) is 4.51. The molecule has 2 heterocycles. The number of hydrogen-bond acceptors (Lipinski definition) is 2. The van der Waals surface area contributed by atoms with Crippen molar-refractivity contribution in [1.82, 2.24) is 14.8 Å². The number of alkyl halides is 3. The van der Waals surface area contributed by atoms with E-state index in [1.54, 1.807) is 16.9 Å². The molecule has 3 aromatic rings. The van der Waals surface area contributed by atoms with Crippen LogP contribution in [0, 0.1) is 20.8 Å². The lowest BCUT2D eigenvalue weighted by molar-refractivity contribution is -0.138. The summed E-state index contributed by atoms with van der Waals surface area (Å²) in [6, 6.07) is 8.20. The van der Waals surface area contributed by atoms with Crippen LogP contribution in [0.15, 0.2) is 41.1 Å².